The summed E-state index contributed by atoms with van der Waals surface area (Å²) in [6.07, 6.45) is 0. The SMILES string of the molecule is Cc1ccc(N(c2ccc(C)cc2)c2ccc3c4c(ccc3c2)-c2c(c3ccccc3c3ccccc23)C4(C)C)cc1. The predicted molar refractivity (Wildman–Crippen MR) is 181 cm³/mol. The quantitative estimate of drug-likeness (QED) is 0.202. The largest absolute Gasteiger partial charge is 0.310 e. The summed E-state index contributed by atoms with van der Waals surface area (Å²) in [5, 5.41) is 7.98. The Morgan fingerprint density at radius 2 is 0.976 bits per heavy atom. The molecular formula is C41H33N. The van der Waals surface area contributed by atoms with Crippen LogP contribution in [0, 0.1) is 13.8 Å². The summed E-state index contributed by atoms with van der Waals surface area (Å²) < 4.78 is 0. The Morgan fingerprint density at radius 3 is 1.60 bits per heavy atom. The lowest BCUT2D eigenvalue weighted by atomic mass is 9.78. The van der Waals surface area contributed by atoms with Gasteiger partial charge in [0.2, 0.25) is 0 Å². The van der Waals surface area contributed by atoms with E-state index < -0.39 is 0 Å². The van der Waals surface area contributed by atoms with Crippen LogP contribution in [0.25, 0.3) is 43.4 Å². The van der Waals surface area contributed by atoms with E-state index in [0.29, 0.717) is 0 Å². The number of benzene rings is 7. The fraction of sp³-hybridized carbons (Fsp3) is 0.122. The van der Waals surface area contributed by atoms with E-state index >= 15 is 0 Å². The van der Waals surface area contributed by atoms with Gasteiger partial charge in [0.05, 0.1) is 0 Å². The normalized spacial score (nSPS) is 13.4. The molecule has 0 saturated carbocycles. The van der Waals surface area contributed by atoms with Crippen LogP contribution in [-0.4, -0.2) is 0 Å². The second kappa shape index (κ2) is 9.06. The molecule has 42 heavy (non-hydrogen) atoms. The van der Waals surface area contributed by atoms with E-state index in [-0.39, 0.29) is 5.41 Å². The monoisotopic (exact) mass is 539 g/mol. The summed E-state index contributed by atoms with van der Waals surface area (Å²) >= 11 is 0. The molecule has 0 aliphatic heterocycles. The number of aryl methyl sites for hydroxylation is 2. The Bertz CT molecular complexity index is 2120. The van der Waals surface area contributed by atoms with Gasteiger partial charge >= 0.3 is 0 Å². The Balaban J connectivity index is 1.37. The molecule has 8 rings (SSSR count). The Kier molecular flexibility index (Phi) is 5.37. The molecule has 0 fully saturated rings. The van der Waals surface area contributed by atoms with Crippen molar-refractivity contribution in [3.8, 4) is 11.1 Å². The summed E-state index contributed by atoms with van der Waals surface area (Å²) in [5.74, 6) is 0. The van der Waals surface area contributed by atoms with Crippen molar-refractivity contribution < 1.29 is 0 Å². The average Bonchev–Trinajstić information content (AvgIpc) is 3.26. The molecule has 0 unspecified atom stereocenters. The molecule has 0 spiro atoms. The van der Waals surface area contributed by atoms with E-state index in [9.17, 15) is 0 Å². The average molecular weight is 540 g/mol. The Hall–Kier alpha value is -4.88. The molecule has 0 aromatic heterocycles. The van der Waals surface area contributed by atoms with E-state index in [0.717, 1.165) is 11.4 Å². The van der Waals surface area contributed by atoms with Crippen molar-refractivity contribution in [1.82, 2.24) is 0 Å². The molecule has 7 aromatic rings. The zero-order valence-electron chi connectivity index (χ0n) is 24.6. The lowest BCUT2D eigenvalue weighted by Gasteiger charge is -2.27. The third kappa shape index (κ3) is 3.56. The third-order valence-electron chi connectivity index (χ3n) is 9.30. The topological polar surface area (TPSA) is 3.24 Å². The van der Waals surface area contributed by atoms with Crippen molar-refractivity contribution in [2.45, 2.75) is 33.1 Å². The van der Waals surface area contributed by atoms with Crippen molar-refractivity contribution in [2.75, 3.05) is 4.90 Å². The highest BCUT2D eigenvalue weighted by Gasteiger charge is 2.39. The van der Waals surface area contributed by atoms with E-state index in [2.05, 4.69) is 160 Å². The number of hydrogen-bond acceptors (Lipinski definition) is 1. The van der Waals surface area contributed by atoms with Crippen LogP contribution in [0.5, 0.6) is 0 Å². The number of fused-ring (bicyclic) bond motifs is 10. The maximum atomic E-state index is 2.41. The number of rotatable bonds is 3. The van der Waals surface area contributed by atoms with Crippen LogP contribution in [0.15, 0.2) is 127 Å². The molecule has 1 heteroatoms. The number of anilines is 3. The fourth-order valence-electron chi connectivity index (χ4n) is 7.37. The molecule has 7 aromatic carbocycles. The van der Waals surface area contributed by atoms with E-state index in [1.807, 2.05) is 0 Å². The van der Waals surface area contributed by atoms with Crippen LogP contribution < -0.4 is 4.90 Å². The minimum Gasteiger partial charge on any atom is -0.310 e. The van der Waals surface area contributed by atoms with Gasteiger partial charge in [-0.2, -0.15) is 0 Å². The van der Waals surface area contributed by atoms with Crippen LogP contribution in [0.4, 0.5) is 17.1 Å². The molecule has 0 saturated heterocycles. The highest BCUT2D eigenvalue weighted by atomic mass is 15.1. The Morgan fingerprint density at radius 1 is 0.452 bits per heavy atom. The molecule has 1 aliphatic carbocycles. The van der Waals surface area contributed by atoms with Crippen molar-refractivity contribution in [2.24, 2.45) is 0 Å². The predicted octanol–water partition coefficient (Wildman–Crippen LogP) is 11.5. The van der Waals surface area contributed by atoms with Crippen molar-refractivity contribution in [3.63, 3.8) is 0 Å². The smallest absolute Gasteiger partial charge is 0.0468 e. The van der Waals surface area contributed by atoms with Gasteiger partial charge in [-0.3, -0.25) is 0 Å². The minimum absolute atomic E-state index is 0.136. The van der Waals surface area contributed by atoms with Gasteiger partial charge in [-0.15, -0.1) is 0 Å². The molecule has 0 N–H and O–H groups in total. The van der Waals surface area contributed by atoms with Crippen LogP contribution >= 0.6 is 0 Å². The van der Waals surface area contributed by atoms with Gasteiger partial charge in [0, 0.05) is 22.5 Å². The van der Waals surface area contributed by atoms with E-state index in [1.165, 1.54) is 71.4 Å². The van der Waals surface area contributed by atoms with E-state index in [1.54, 1.807) is 0 Å². The van der Waals surface area contributed by atoms with Crippen molar-refractivity contribution in [1.29, 1.82) is 0 Å². The van der Waals surface area contributed by atoms with Gasteiger partial charge < -0.3 is 4.90 Å². The maximum Gasteiger partial charge on any atom is 0.0468 e. The van der Waals surface area contributed by atoms with Gasteiger partial charge in [-0.1, -0.05) is 116 Å². The molecule has 0 amide bonds. The first-order chi connectivity index (χ1) is 20.4. The van der Waals surface area contributed by atoms with E-state index in [4.69, 9.17) is 0 Å². The highest BCUT2D eigenvalue weighted by molar-refractivity contribution is 6.19. The molecule has 0 atom stereocenters. The summed E-state index contributed by atoms with van der Waals surface area (Å²) in [6, 6.07) is 47.3. The van der Waals surface area contributed by atoms with Gasteiger partial charge in [0.15, 0.2) is 0 Å². The second-order valence-electron chi connectivity index (χ2n) is 12.4. The zero-order chi connectivity index (χ0) is 28.6. The second-order valence-corrected chi connectivity index (χ2v) is 12.4. The third-order valence-corrected chi connectivity index (χ3v) is 9.30. The zero-order valence-corrected chi connectivity index (χ0v) is 24.6. The fourth-order valence-corrected chi connectivity index (χ4v) is 7.37. The number of nitrogens with zero attached hydrogens (tertiary/aromatic N) is 1. The van der Waals surface area contributed by atoms with Crippen LogP contribution in [0.2, 0.25) is 0 Å². The van der Waals surface area contributed by atoms with Gasteiger partial charge in [-0.05, 0) is 105 Å². The molecule has 1 aliphatic rings. The maximum absolute atomic E-state index is 2.41. The number of hydrogen-bond donors (Lipinski definition) is 0. The van der Waals surface area contributed by atoms with Gasteiger partial charge in [0.1, 0.15) is 0 Å². The van der Waals surface area contributed by atoms with Gasteiger partial charge in [-0.25, -0.2) is 0 Å². The lowest BCUT2D eigenvalue weighted by molar-refractivity contribution is 0.672. The minimum atomic E-state index is -0.136. The molecule has 0 bridgehead atoms. The molecular weight excluding hydrogens is 506 g/mol. The first-order valence-electron chi connectivity index (χ1n) is 14.9. The van der Waals surface area contributed by atoms with Crippen LogP contribution in [0.3, 0.4) is 0 Å². The summed E-state index contributed by atoms with van der Waals surface area (Å²) in [5.41, 5.74) is 11.5. The van der Waals surface area contributed by atoms with Crippen molar-refractivity contribution >= 4 is 49.4 Å². The van der Waals surface area contributed by atoms with Crippen LogP contribution in [0.1, 0.15) is 36.1 Å². The summed E-state index contributed by atoms with van der Waals surface area (Å²) in [7, 11) is 0. The molecule has 202 valence electrons. The molecule has 0 radical (unpaired) electrons. The Labute approximate surface area is 247 Å². The van der Waals surface area contributed by atoms with Crippen LogP contribution in [-0.2, 0) is 5.41 Å². The highest BCUT2D eigenvalue weighted by Crippen LogP contribution is 2.56. The first-order valence-corrected chi connectivity index (χ1v) is 14.9. The molecule has 1 nitrogen and oxygen atoms in total. The summed E-state index contributed by atoms with van der Waals surface area (Å²) in [6.45, 7) is 9.11. The standard InChI is InChI=1S/C41H33N/c1-26-13-18-29(19-14-26)42(30-20-15-27(2)16-21-30)31-22-24-32-28(25-31)17-23-37-38-35-11-7-5-9-33(35)34-10-6-8-12-36(34)40(38)41(3,4)39(32)37/h5-25H,1-4H3. The lowest BCUT2D eigenvalue weighted by Crippen LogP contribution is -2.16. The first kappa shape index (κ1) is 24.9. The molecule has 0 heterocycles. The van der Waals surface area contributed by atoms with Gasteiger partial charge in [0.25, 0.3) is 0 Å². The van der Waals surface area contributed by atoms with Crippen molar-refractivity contribution in [3.05, 3.63) is 150 Å². The summed E-state index contributed by atoms with van der Waals surface area (Å²) in [4.78, 5) is 2.37.